The Morgan fingerprint density at radius 1 is 0.971 bits per heavy atom. The Balaban J connectivity index is 1.18. The number of aliphatic carboxylic acids is 1. The van der Waals surface area contributed by atoms with E-state index in [1.54, 1.807) is 0 Å². The van der Waals surface area contributed by atoms with Crippen LogP contribution in [0.25, 0.3) is 11.0 Å². The van der Waals surface area contributed by atoms with Gasteiger partial charge in [-0.15, -0.1) is 0 Å². The number of likely N-dealkylation sites (tertiary alicyclic amines) is 2. The van der Waals surface area contributed by atoms with E-state index in [0.29, 0.717) is 19.0 Å². The number of carboxylic acids is 1. The van der Waals surface area contributed by atoms with Crippen LogP contribution < -0.4 is 5.69 Å². The number of piperidine rings is 2. The van der Waals surface area contributed by atoms with Crippen molar-refractivity contribution in [1.82, 2.24) is 19.4 Å². The van der Waals surface area contributed by atoms with Gasteiger partial charge in [-0.2, -0.15) is 0 Å². The second-order valence-electron chi connectivity index (χ2n) is 10.9. The predicted octanol–water partition coefficient (Wildman–Crippen LogP) is 3.49. The molecule has 2 aromatic rings. The molecule has 2 saturated heterocycles. The van der Waals surface area contributed by atoms with Crippen LogP contribution in [0.3, 0.4) is 0 Å². The highest BCUT2D eigenvalue weighted by Gasteiger charge is 2.36. The van der Waals surface area contributed by atoms with E-state index in [0.717, 1.165) is 82.0 Å². The lowest BCUT2D eigenvalue weighted by Gasteiger charge is -2.40. The van der Waals surface area contributed by atoms with Crippen molar-refractivity contribution >= 4 is 22.9 Å². The van der Waals surface area contributed by atoms with Crippen molar-refractivity contribution in [2.45, 2.75) is 63.8 Å². The third-order valence-electron chi connectivity index (χ3n) is 8.71. The SMILES string of the molecule is O=C(O)CC1CCN(C(=O)C2CCCC2)CC1CCN1CCC(n2c(=O)[nH]c3ccccc32)CC1. The molecule has 0 spiro atoms. The van der Waals surface area contributed by atoms with Crippen LogP contribution in [-0.4, -0.2) is 69.1 Å². The Morgan fingerprint density at radius 2 is 1.71 bits per heavy atom. The van der Waals surface area contributed by atoms with Crippen molar-refractivity contribution in [3.63, 3.8) is 0 Å². The fourth-order valence-electron chi connectivity index (χ4n) is 6.72. The van der Waals surface area contributed by atoms with E-state index in [2.05, 4.69) is 9.88 Å². The highest BCUT2D eigenvalue weighted by atomic mass is 16.4. The topological polar surface area (TPSA) is 98.6 Å². The van der Waals surface area contributed by atoms with Crippen molar-refractivity contribution in [2.75, 3.05) is 32.7 Å². The Bertz CT molecular complexity index is 1090. The number of carboxylic acid groups (broad SMARTS) is 1. The van der Waals surface area contributed by atoms with E-state index in [-0.39, 0.29) is 35.9 Å². The van der Waals surface area contributed by atoms with Crippen LogP contribution in [0.1, 0.15) is 63.8 Å². The molecule has 3 heterocycles. The maximum absolute atomic E-state index is 13.0. The largest absolute Gasteiger partial charge is 0.481 e. The second kappa shape index (κ2) is 10.6. The number of para-hydroxylation sites is 2. The fraction of sp³-hybridized carbons (Fsp3) is 0.667. The summed E-state index contributed by atoms with van der Waals surface area (Å²) in [5.74, 6) is 0.118. The van der Waals surface area contributed by atoms with Crippen molar-refractivity contribution < 1.29 is 14.7 Å². The third-order valence-corrected chi connectivity index (χ3v) is 8.71. The van der Waals surface area contributed by atoms with Crippen LogP contribution in [-0.2, 0) is 9.59 Å². The number of rotatable bonds is 7. The predicted molar refractivity (Wildman–Crippen MR) is 134 cm³/mol. The molecule has 1 amide bonds. The molecule has 1 aliphatic carbocycles. The van der Waals surface area contributed by atoms with Gasteiger partial charge in [-0.3, -0.25) is 14.2 Å². The van der Waals surface area contributed by atoms with Crippen LogP contribution >= 0.6 is 0 Å². The smallest absolute Gasteiger partial charge is 0.326 e. The molecule has 0 bridgehead atoms. The summed E-state index contributed by atoms with van der Waals surface area (Å²) in [6.07, 6.45) is 8.08. The number of hydrogen-bond donors (Lipinski definition) is 2. The third kappa shape index (κ3) is 5.32. The van der Waals surface area contributed by atoms with Gasteiger partial charge in [0.2, 0.25) is 5.91 Å². The summed E-state index contributed by atoms with van der Waals surface area (Å²) in [7, 11) is 0. The number of H-pyrrole nitrogens is 1. The molecule has 2 aliphatic heterocycles. The Hall–Kier alpha value is -2.61. The monoisotopic (exact) mass is 482 g/mol. The van der Waals surface area contributed by atoms with E-state index in [1.807, 2.05) is 33.7 Å². The summed E-state index contributed by atoms with van der Waals surface area (Å²) >= 11 is 0. The normalized spacial score (nSPS) is 24.9. The van der Waals surface area contributed by atoms with Crippen molar-refractivity contribution in [3.8, 4) is 0 Å². The highest BCUT2D eigenvalue weighted by molar-refractivity contribution is 5.79. The first kappa shape index (κ1) is 24.1. The Morgan fingerprint density at radius 3 is 2.46 bits per heavy atom. The van der Waals surface area contributed by atoms with Crippen molar-refractivity contribution in [1.29, 1.82) is 0 Å². The quantitative estimate of drug-likeness (QED) is 0.630. The molecule has 8 nitrogen and oxygen atoms in total. The number of aromatic amines is 1. The first-order valence-corrected chi connectivity index (χ1v) is 13.4. The summed E-state index contributed by atoms with van der Waals surface area (Å²) in [6.45, 7) is 4.18. The number of carbonyl (C=O) groups excluding carboxylic acids is 1. The number of carbonyl (C=O) groups is 2. The number of amides is 1. The summed E-state index contributed by atoms with van der Waals surface area (Å²) in [6, 6.07) is 8.06. The number of hydrogen-bond acceptors (Lipinski definition) is 4. The van der Waals surface area contributed by atoms with Crippen LogP contribution in [0.4, 0.5) is 0 Å². The maximum atomic E-state index is 13.0. The van der Waals surface area contributed by atoms with Gasteiger partial charge < -0.3 is 19.9 Å². The molecule has 2 N–H and O–H groups in total. The zero-order chi connectivity index (χ0) is 24.4. The number of fused-ring (bicyclic) bond motifs is 1. The molecule has 3 fully saturated rings. The zero-order valence-electron chi connectivity index (χ0n) is 20.5. The first-order chi connectivity index (χ1) is 17.0. The summed E-state index contributed by atoms with van der Waals surface area (Å²) in [5.41, 5.74) is 1.83. The van der Waals surface area contributed by atoms with Gasteiger partial charge in [-0.25, -0.2) is 4.79 Å². The van der Waals surface area contributed by atoms with Crippen molar-refractivity contribution in [2.24, 2.45) is 17.8 Å². The summed E-state index contributed by atoms with van der Waals surface area (Å²) < 4.78 is 1.92. The number of benzene rings is 1. The van der Waals surface area contributed by atoms with Gasteiger partial charge in [0, 0.05) is 44.6 Å². The molecule has 3 aliphatic rings. The lowest BCUT2D eigenvalue weighted by molar-refractivity contribution is -0.141. The molecule has 1 aromatic heterocycles. The number of aromatic nitrogens is 2. The number of imidazole rings is 1. The molecule has 2 atom stereocenters. The van der Waals surface area contributed by atoms with E-state index < -0.39 is 5.97 Å². The second-order valence-corrected chi connectivity index (χ2v) is 10.9. The van der Waals surface area contributed by atoms with Crippen LogP contribution in [0.2, 0.25) is 0 Å². The number of nitrogens with zero attached hydrogens (tertiary/aromatic N) is 3. The van der Waals surface area contributed by atoms with E-state index >= 15 is 0 Å². The standard InChI is InChI=1S/C27H38N4O4/c32-25(33)17-20-10-16-30(26(34)19-5-1-2-6-19)18-21(20)9-13-29-14-11-22(12-15-29)31-24-8-4-3-7-23(24)28-27(31)35/h3-4,7-8,19-22H,1-2,5-6,9-18H2,(H,28,35)(H,32,33). The van der Waals surface area contributed by atoms with Crippen LogP contribution in [0.5, 0.6) is 0 Å². The van der Waals surface area contributed by atoms with E-state index in [9.17, 15) is 19.5 Å². The van der Waals surface area contributed by atoms with Gasteiger partial charge in [0.15, 0.2) is 0 Å². The summed E-state index contributed by atoms with van der Waals surface area (Å²) in [4.78, 5) is 44.5. The van der Waals surface area contributed by atoms with Gasteiger partial charge in [0.25, 0.3) is 0 Å². The minimum absolute atomic E-state index is 0.0320. The Kier molecular flexibility index (Phi) is 7.27. The van der Waals surface area contributed by atoms with E-state index in [4.69, 9.17) is 0 Å². The fourth-order valence-corrected chi connectivity index (χ4v) is 6.72. The summed E-state index contributed by atoms with van der Waals surface area (Å²) in [5, 5.41) is 9.44. The van der Waals surface area contributed by atoms with Gasteiger partial charge in [-0.05, 0) is 69.0 Å². The van der Waals surface area contributed by atoms with Gasteiger partial charge in [0.05, 0.1) is 11.0 Å². The average Bonchev–Trinajstić information content (AvgIpc) is 3.50. The van der Waals surface area contributed by atoms with Gasteiger partial charge >= 0.3 is 11.7 Å². The van der Waals surface area contributed by atoms with Crippen LogP contribution in [0, 0.1) is 17.8 Å². The molecule has 1 aromatic carbocycles. The number of nitrogens with one attached hydrogen (secondary N) is 1. The van der Waals surface area contributed by atoms with Crippen molar-refractivity contribution in [3.05, 3.63) is 34.7 Å². The molecule has 2 unspecified atom stereocenters. The lowest BCUT2D eigenvalue weighted by Crippen LogP contribution is -2.47. The molecule has 190 valence electrons. The Labute approximate surface area is 206 Å². The molecule has 0 radical (unpaired) electrons. The molecular formula is C27H38N4O4. The molecule has 1 saturated carbocycles. The first-order valence-electron chi connectivity index (χ1n) is 13.4. The minimum Gasteiger partial charge on any atom is -0.481 e. The highest BCUT2D eigenvalue weighted by Crippen LogP contribution is 2.33. The van der Waals surface area contributed by atoms with Gasteiger partial charge in [-0.1, -0.05) is 25.0 Å². The van der Waals surface area contributed by atoms with Gasteiger partial charge in [0.1, 0.15) is 0 Å². The molecule has 5 rings (SSSR count). The average molecular weight is 483 g/mol. The maximum Gasteiger partial charge on any atom is 0.326 e. The van der Waals surface area contributed by atoms with Crippen LogP contribution in [0.15, 0.2) is 29.1 Å². The lowest BCUT2D eigenvalue weighted by atomic mass is 9.80. The zero-order valence-corrected chi connectivity index (χ0v) is 20.5. The molecular weight excluding hydrogens is 444 g/mol. The minimum atomic E-state index is -0.736. The molecule has 8 heteroatoms. The molecule has 35 heavy (non-hydrogen) atoms. The van der Waals surface area contributed by atoms with E-state index in [1.165, 1.54) is 0 Å².